The summed E-state index contributed by atoms with van der Waals surface area (Å²) in [5.74, 6) is 3.22. The van der Waals surface area contributed by atoms with E-state index in [0.29, 0.717) is 5.92 Å². The fourth-order valence-electron chi connectivity index (χ4n) is 2.82. The minimum Gasteiger partial charge on any atom is -0.370 e. The number of hydrogen-bond donors (Lipinski definition) is 2. The van der Waals surface area contributed by atoms with Crippen molar-refractivity contribution in [2.24, 2.45) is 0 Å². The summed E-state index contributed by atoms with van der Waals surface area (Å²) in [7, 11) is 0. The van der Waals surface area contributed by atoms with Crippen molar-refractivity contribution in [1.82, 2.24) is 9.97 Å². The summed E-state index contributed by atoms with van der Waals surface area (Å²) in [5.41, 5.74) is 1.32. The summed E-state index contributed by atoms with van der Waals surface area (Å²) in [6.07, 6.45) is 5.07. The zero-order valence-electron chi connectivity index (χ0n) is 13.5. The zero-order valence-corrected chi connectivity index (χ0v) is 13.5. The SMILES string of the molecule is CCNc1nc(C(C)C)nc(NC2(C)CCCC2)c1C. The normalized spacial score (nSPS) is 17.5. The van der Waals surface area contributed by atoms with Crippen LogP contribution in [-0.2, 0) is 0 Å². The van der Waals surface area contributed by atoms with Gasteiger partial charge in [-0.2, -0.15) is 0 Å². The van der Waals surface area contributed by atoms with Crippen molar-refractivity contribution in [3.05, 3.63) is 11.4 Å². The van der Waals surface area contributed by atoms with Crippen molar-refractivity contribution in [2.45, 2.75) is 71.8 Å². The third kappa shape index (κ3) is 3.22. The Labute approximate surface area is 122 Å². The Morgan fingerprint density at radius 2 is 1.75 bits per heavy atom. The van der Waals surface area contributed by atoms with E-state index in [1.54, 1.807) is 0 Å². The molecule has 2 rings (SSSR count). The highest BCUT2D eigenvalue weighted by molar-refractivity contribution is 5.58. The fraction of sp³-hybridized carbons (Fsp3) is 0.750. The highest BCUT2D eigenvalue weighted by Crippen LogP contribution is 2.34. The third-order valence-corrected chi connectivity index (χ3v) is 4.15. The smallest absolute Gasteiger partial charge is 0.135 e. The molecule has 112 valence electrons. The molecule has 1 saturated carbocycles. The molecule has 0 radical (unpaired) electrons. The van der Waals surface area contributed by atoms with Crippen molar-refractivity contribution in [2.75, 3.05) is 17.2 Å². The number of hydrogen-bond acceptors (Lipinski definition) is 4. The van der Waals surface area contributed by atoms with Crippen LogP contribution >= 0.6 is 0 Å². The summed E-state index contributed by atoms with van der Waals surface area (Å²) < 4.78 is 0. The molecule has 1 heterocycles. The molecule has 20 heavy (non-hydrogen) atoms. The molecule has 0 bridgehead atoms. The van der Waals surface area contributed by atoms with E-state index in [9.17, 15) is 0 Å². The number of nitrogens with one attached hydrogen (secondary N) is 2. The molecule has 4 nitrogen and oxygen atoms in total. The van der Waals surface area contributed by atoms with E-state index in [-0.39, 0.29) is 5.54 Å². The highest BCUT2D eigenvalue weighted by atomic mass is 15.1. The van der Waals surface area contributed by atoms with Crippen LogP contribution in [0.25, 0.3) is 0 Å². The van der Waals surface area contributed by atoms with Gasteiger partial charge in [0.05, 0.1) is 0 Å². The predicted molar refractivity (Wildman–Crippen MR) is 85.5 cm³/mol. The summed E-state index contributed by atoms with van der Waals surface area (Å²) in [5, 5.41) is 7.05. The Morgan fingerprint density at radius 3 is 2.30 bits per heavy atom. The minimum absolute atomic E-state index is 0.191. The van der Waals surface area contributed by atoms with Crippen molar-refractivity contribution in [3.8, 4) is 0 Å². The Morgan fingerprint density at radius 1 is 1.15 bits per heavy atom. The Hall–Kier alpha value is -1.32. The Bertz CT molecular complexity index is 462. The average Bonchev–Trinajstić information content (AvgIpc) is 2.81. The van der Waals surface area contributed by atoms with Crippen molar-refractivity contribution in [3.63, 3.8) is 0 Å². The van der Waals surface area contributed by atoms with Gasteiger partial charge in [-0.3, -0.25) is 0 Å². The fourth-order valence-corrected chi connectivity index (χ4v) is 2.82. The first-order valence-electron chi connectivity index (χ1n) is 7.86. The quantitative estimate of drug-likeness (QED) is 0.850. The Balaban J connectivity index is 2.34. The molecule has 0 spiro atoms. The maximum Gasteiger partial charge on any atom is 0.135 e. The van der Waals surface area contributed by atoms with Gasteiger partial charge in [-0.15, -0.1) is 0 Å². The molecular weight excluding hydrogens is 248 g/mol. The van der Waals surface area contributed by atoms with Crippen molar-refractivity contribution < 1.29 is 0 Å². The van der Waals surface area contributed by atoms with Gasteiger partial charge in [-0.25, -0.2) is 9.97 Å². The van der Waals surface area contributed by atoms with Crippen molar-refractivity contribution >= 4 is 11.6 Å². The van der Waals surface area contributed by atoms with Crippen LogP contribution < -0.4 is 10.6 Å². The number of anilines is 2. The predicted octanol–water partition coefficient (Wildman–Crippen LogP) is 4.08. The number of rotatable bonds is 5. The van der Waals surface area contributed by atoms with Gasteiger partial charge in [0.1, 0.15) is 17.5 Å². The Kier molecular flexibility index (Phi) is 4.51. The van der Waals surface area contributed by atoms with Gasteiger partial charge in [-0.1, -0.05) is 26.7 Å². The van der Waals surface area contributed by atoms with E-state index >= 15 is 0 Å². The van der Waals surface area contributed by atoms with Gasteiger partial charge in [0.15, 0.2) is 0 Å². The van der Waals surface area contributed by atoms with E-state index in [1.807, 2.05) is 0 Å². The molecule has 4 heteroatoms. The molecule has 1 aromatic heterocycles. The maximum atomic E-state index is 4.76. The second-order valence-electron chi connectivity index (χ2n) is 6.48. The van der Waals surface area contributed by atoms with Gasteiger partial charge in [-0.05, 0) is 33.6 Å². The van der Waals surface area contributed by atoms with Crippen LogP contribution in [0.4, 0.5) is 11.6 Å². The van der Waals surface area contributed by atoms with Crippen LogP contribution in [0.5, 0.6) is 0 Å². The summed E-state index contributed by atoms with van der Waals surface area (Å²) in [4.78, 5) is 9.42. The van der Waals surface area contributed by atoms with Crippen LogP contribution in [0, 0.1) is 6.92 Å². The molecule has 0 amide bonds. The van der Waals surface area contributed by atoms with Crippen LogP contribution in [-0.4, -0.2) is 22.1 Å². The maximum absolute atomic E-state index is 4.76. The number of aromatic nitrogens is 2. The average molecular weight is 276 g/mol. The zero-order chi connectivity index (χ0) is 14.8. The van der Waals surface area contributed by atoms with E-state index in [0.717, 1.165) is 29.6 Å². The molecule has 0 aromatic carbocycles. The van der Waals surface area contributed by atoms with Crippen LogP contribution in [0.3, 0.4) is 0 Å². The number of nitrogens with zero attached hydrogens (tertiary/aromatic N) is 2. The lowest BCUT2D eigenvalue weighted by Gasteiger charge is -2.28. The third-order valence-electron chi connectivity index (χ3n) is 4.15. The molecule has 0 aliphatic heterocycles. The minimum atomic E-state index is 0.191. The first kappa shape index (κ1) is 15.1. The molecule has 0 atom stereocenters. The monoisotopic (exact) mass is 276 g/mol. The molecule has 1 aromatic rings. The summed E-state index contributed by atoms with van der Waals surface area (Å²) >= 11 is 0. The summed E-state index contributed by atoms with van der Waals surface area (Å²) in [6.45, 7) is 11.7. The molecule has 1 aliphatic carbocycles. The lowest BCUT2D eigenvalue weighted by atomic mass is 10.0. The van der Waals surface area contributed by atoms with Crippen molar-refractivity contribution in [1.29, 1.82) is 0 Å². The largest absolute Gasteiger partial charge is 0.370 e. The van der Waals surface area contributed by atoms with E-state index in [4.69, 9.17) is 4.98 Å². The van der Waals surface area contributed by atoms with Gasteiger partial charge >= 0.3 is 0 Å². The van der Waals surface area contributed by atoms with Gasteiger partial charge in [0, 0.05) is 23.6 Å². The lowest BCUT2D eigenvalue weighted by Crippen LogP contribution is -2.32. The van der Waals surface area contributed by atoms with Gasteiger partial charge in [0.2, 0.25) is 0 Å². The van der Waals surface area contributed by atoms with Gasteiger partial charge < -0.3 is 10.6 Å². The van der Waals surface area contributed by atoms with E-state index in [1.165, 1.54) is 25.7 Å². The van der Waals surface area contributed by atoms with E-state index < -0.39 is 0 Å². The van der Waals surface area contributed by atoms with Gasteiger partial charge in [0.25, 0.3) is 0 Å². The summed E-state index contributed by atoms with van der Waals surface area (Å²) in [6, 6.07) is 0. The van der Waals surface area contributed by atoms with Crippen LogP contribution in [0.15, 0.2) is 0 Å². The standard InChI is InChI=1S/C16H28N4/c1-6-17-14-12(4)15(19-13(18-14)11(2)3)20-16(5)9-7-8-10-16/h11H,6-10H2,1-5H3,(H2,17,18,19,20). The topological polar surface area (TPSA) is 49.8 Å². The molecule has 0 unspecified atom stereocenters. The van der Waals surface area contributed by atoms with Crippen LogP contribution in [0.2, 0.25) is 0 Å². The first-order chi connectivity index (χ1) is 9.45. The molecular formula is C16H28N4. The second kappa shape index (κ2) is 5.98. The first-order valence-corrected chi connectivity index (χ1v) is 7.86. The highest BCUT2D eigenvalue weighted by Gasteiger charge is 2.29. The van der Waals surface area contributed by atoms with Crippen LogP contribution in [0.1, 0.15) is 70.7 Å². The molecule has 0 saturated heterocycles. The lowest BCUT2D eigenvalue weighted by molar-refractivity contribution is 0.529. The molecule has 2 N–H and O–H groups in total. The molecule has 1 aliphatic rings. The molecule has 1 fully saturated rings. The van der Waals surface area contributed by atoms with E-state index in [2.05, 4.69) is 50.2 Å². The second-order valence-corrected chi connectivity index (χ2v) is 6.48.